The lowest BCUT2D eigenvalue weighted by atomic mass is 10.3. The Kier molecular flexibility index (Phi) is 4.06. The minimum Gasteiger partial charge on any atom is -0.508 e. The second-order valence-corrected chi connectivity index (χ2v) is 4.84. The zero-order chi connectivity index (χ0) is 13.8. The number of aromatic hydroxyl groups is 1. The number of benzene rings is 2. The van der Waals surface area contributed by atoms with Crippen molar-refractivity contribution in [2.24, 2.45) is 0 Å². The molecule has 0 spiro atoms. The Morgan fingerprint density at radius 3 is 2.42 bits per heavy atom. The molecule has 2 rings (SSSR count). The van der Waals surface area contributed by atoms with E-state index in [-0.39, 0.29) is 11.8 Å². The second kappa shape index (κ2) is 5.75. The van der Waals surface area contributed by atoms with Gasteiger partial charge in [0.05, 0.1) is 5.69 Å². The molecule has 0 aliphatic rings. The first-order valence-electron chi connectivity index (χ1n) is 5.66. The molecule has 0 aliphatic carbocycles. The standard InChI is InChI=1S/C14H13BrN2O2/c1-17(10-6-8-11(18)9-7-10)14(19)16-13-5-3-2-4-12(13)15/h2-9,18H,1H3,(H,16,19). The van der Waals surface area contributed by atoms with Crippen molar-refractivity contribution in [1.82, 2.24) is 0 Å². The van der Waals surface area contributed by atoms with Crippen molar-refractivity contribution >= 4 is 33.3 Å². The zero-order valence-corrected chi connectivity index (χ0v) is 11.9. The van der Waals surface area contributed by atoms with Crippen LogP contribution in [-0.2, 0) is 0 Å². The number of anilines is 2. The van der Waals surface area contributed by atoms with Crippen LogP contribution < -0.4 is 10.2 Å². The summed E-state index contributed by atoms with van der Waals surface area (Å²) in [6, 6.07) is 13.6. The van der Waals surface area contributed by atoms with Crippen molar-refractivity contribution in [2.45, 2.75) is 0 Å². The summed E-state index contributed by atoms with van der Waals surface area (Å²) in [5.41, 5.74) is 1.40. The molecular formula is C14H13BrN2O2. The van der Waals surface area contributed by atoms with E-state index in [4.69, 9.17) is 0 Å². The highest BCUT2D eigenvalue weighted by molar-refractivity contribution is 9.10. The van der Waals surface area contributed by atoms with Gasteiger partial charge in [-0.1, -0.05) is 12.1 Å². The summed E-state index contributed by atoms with van der Waals surface area (Å²) in [7, 11) is 1.67. The van der Waals surface area contributed by atoms with Crippen molar-refractivity contribution in [1.29, 1.82) is 0 Å². The largest absolute Gasteiger partial charge is 0.508 e. The molecular weight excluding hydrogens is 308 g/mol. The monoisotopic (exact) mass is 320 g/mol. The Morgan fingerprint density at radius 2 is 1.79 bits per heavy atom. The highest BCUT2D eigenvalue weighted by Gasteiger charge is 2.11. The Hall–Kier alpha value is -2.01. The van der Waals surface area contributed by atoms with Crippen molar-refractivity contribution < 1.29 is 9.90 Å². The third-order valence-electron chi connectivity index (χ3n) is 2.66. The van der Waals surface area contributed by atoms with Crippen LogP contribution in [0.25, 0.3) is 0 Å². The fraction of sp³-hybridized carbons (Fsp3) is 0.0714. The van der Waals surface area contributed by atoms with Crippen molar-refractivity contribution in [3.63, 3.8) is 0 Å². The molecule has 2 N–H and O–H groups in total. The van der Waals surface area contributed by atoms with Crippen LogP contribution in [0, 0.1) is 0 Å². The van der Waals surface area contributed by atoms with Gasteiger partial charge in [0.2, 0.25) is 0 Å². The van der Waals surface area contributed by atoms with Gasteiger partial charge in [0.1, 0.15) is 5.75 Å². The molecule has 2 aromatic rings. The van der Waals surface area contributed by atoms with Gasteiger partial charge in [0.15, 0.2) is 0 Å². The lowest BCUT2D eigenvalue weighted by molar-refractivity contribution is 0.258. The number of carbonyl (C=O) groups is 1. The first kappa shape index (κ1) is 13.4. The van der Waals surface area contributed by atoms with Gasteiger partial charge in [-0.25, -0.2) is 4.79 Å². The average molecular weight is 321 g/mol. The van der Waals surface area contributed by atoms with Crippen LogP contribution in [0.2, 0.25) is 0 Å². The third kappa shape index (κ3) is 3.26. The van der Waals surface area contributed by atoms with E-state index in [9.17, 15) is 9.90 Å². The van der Waals surface area contributed by atoms with Gasteiger partial charge in [-0.15, -0.1) is 0 Å². The Bertz CT molecular complexity index is 584. The summed E-state index contributed by atoms with van der Waals surface area (Å²) in [4.78, 5) is 13.6. The van der Waals surface area contributed by atoms with Gasteiger partial charge in [-0.3, -0.25) is 4.90 Å². The molecule has 0 aromatic heterocycles. The van der Waals surface area contributed by atoms with E-state index < -0.39 is 0 Å². The number of hydrogen-bond acceptors (Lipinski definition) is 2. The molecule has 0 fully saturated rings. The number of rotatable bonds is 2. The topological polar surface area (TPSA) is 52.6 Å². The predicted molar refractivity (Wildman–Crippen MR) is 79.7 cm³/mol. The van der Waals surface area contributed by atoms with Crippen LogP contribution in [0.3, 0.4) is 0 Å². The van der Waals surface area contributed by atoms with Crippen LogP contribution >= 0.6 is 15.9 Å². The number of phenols is 1. The van der Waals surface area contributed by atoms with E-state index in [0.29, 0.717) is 11.4 Å². The maximum absolute atomic E-state index is 12.1. The lowest BCUT2D eigenvalue weighted by Gasteiger charge is -2.18. The fourth-order valence-corrected chi connectivity index (χ4v) is 1.94. The first-order chi connectivity index (χ1) is 9.08. The lowest BCUT2D eigenvalue weighted by Crippen LogP contribution is -2.31. The number of para-hydroxylation sites is 1. The second-order valence-electron chi connectivity index (χ2n) is 3.99. The van der Waals surface area contributed by atoms with Gasteiger partial charge >= 0.3 is 6.03 Å². The Labute approximate surface area is 119 Å². The molecule has 0 heterocycles. The predicted octanol–water partition coefficient (Wildman–Crippen LogP) is 3.82. The molecule has 0 aliphatic heterocycles. The van der Waals surface area contributed by atoms with E-state index >= 15 is 0 Å². The molecule has 2 aromatic carbocycles. The summed E-state index contributed by atoms with van der Waals surface area (Å²) in [5, 5.41) is 12.0. The zero-order valence-electron chi connectivity index (χ0n) is 10.3. The highest BCUT2D eigenvalue weighted by atomic mass is 79.9. The van der Waals surface area contributed by atoms with Gasteiger partial charge in [0, 0.05) is 17.2 Å². The number of halogens is 1. The number of phenolic OH excluding ortho intramolecular Hbond substituents is 1. The summed E-state index contributed by atoms with van der Waals surface area (Å²) in [5.74, 6) is 0.170. The molecule has 0 radical (unpaired) electrons. The van der Waals surface area contributed by atoms with E-state index in [1.54, 1.807) is 19.2 Å². The van der Waals surface area contributed by atoms with Gasteiger partial charge < -0.3 is 10.4 Å². The SMILES string of the molecule is CN(C(=O)Nc1ccccc1Br)c1ccc(O)cc1. The normalized spacial score (nSPS) is 10.0. The van der Waals surface area contributed by atoms with Gasteiger partial charge in [-0.05, 0) is 52.3 Å². The minimum absolute atomic E-state index is 0.170. The van der Waals surface area contributed by atoms with E-state index in [1.807, 2.05) is 24.3 Å². The van der Waals surface area contributed by atoms with Gasteiger partial charge in [0.25, 0.3) is 0 Å². The van der Waals surface area contributed by atoms with Crippen molar-refractivity contribution in [2.75, 3.05) is 17.3 Å². The Morgan fingerprint density at radius 1 is 1.16 bits per heavy atom. The smallest absolute Gasteiger partial charge is 0.326 e. The molecule has 4 nitrogen and oxygen atoms in total. The molecule has 0 saturated carbocycles. The number of urea groups is 1. The van der Waals surface area contributed by atoms with Crippen molar-refractivity contribution in [3.8, 4) is 5.75 Å². The number of nitrogens with one attached hydrogen (secondary N) is 1. The molecule has 98 valence electrons. The number of amides is 2. The summed E-state index contributed by atoms with van der Waals surface area (Å²) in [6.07, 6.45) is 0. The molecule has 0 atom stereocenters. The molecule has 0 saturated heterocycles. The van der Waals surface area contributed by atoms with Gasteiger partial charge in [-0.2, -0.15) is 0 Å². The molecule has 5 heteroatoms. The summed E-state index contributed by atoms with van der Waals surface area (Å²) < 4.78 is 0.822. The molecule has 0 unspecified atom stereocenters. The molecule has 19 heavy (non-hydrogen) atoms. The van der Waals surface area contributed by atoms with Crippen LogP contribution in [0.1, 0.15) is 0 Å². The minimum atomic E-state index is -0.252. The first-order valence-corrected chi connectivity index (χ1v) is 6.45. The fourth-order valence-electron chi connectivity index (χ4n) is 1.56. The number of nitrogens with zero attached hydrogens (tertiary/aromatic N) is 1. The number of hydrogen-bond donors (Lipinski definition) is 2. The maximum atomic E-state index is 12.1. The molecule has 2 amide bonds. The molecule has 0 bridgehead atoms. The van der Waals surface area contributed by atoms with E-state index in [2.05, 4.69) is 21.2 Å². The van der Waals surface area contributed by atoms with Crippen LogP contribution in [-0.4, -0.2) is 18.2 Å². The van der Waals surface area contributed by atoms with E-state index in [1.165, 1.54) is 17.0 Å². The summed E-state index contributed by atoms with van der Waals surface area (Å²) in [6.45, 7) is 0. The average Bonchev–Trinajstić information content (AvgIpc) is 2.41. The third-order valence-corrected chi connectivity index (χ3v) is 3.35. The van der Waals surface area contributed by atoms with Crippen LogP contribution in [0.15, 0.2) is 53.0 Å². The van der Waals surface area contributed by atoms with Crippen LogP contribution in [0.4, 0.5) is 16.2 Å². The van der Waals surface area contributed by atoms with Crippen molar-refractivity contribution in [3.05, 3.63) is 53.0 Å². The summed E-state index contributed by atoms with van der Waals surface area (Å²) >= 11 is 3.37. The Balaban J connectivity index is 2.12. The maximum Gasteiger partial charge on any atom is 0.326 e. The highest BCUT2D eigenvalue weighted by Crippen LogP contribution is 2.23. The quantitative estimate of drug-likeness (QED) is 0.883. The number of carbonyl (C=O) groups excluding carboxylic acids is 1. The van der Waals surface area contributed by atoms with Crippen LogP contribution in [0.5, 0.6) is 5.75 Å². The van der Waals surface area contributed by atoms with E-state index in [0.717, 1.165) is 4.47 Å².